The Morgan fingerprint density at radius 3 is 2.43 bits per heavy atom. The molecule has 0 unspecified atom stereocenters. The molecule has 2 aliphatic carbocycles. The molecule has 1 aromatic carbocycles. The van der Waals surface area contributed by atoms with Gasteiger partial charge in [-0.05, 0) is 43.4 Å². The quantitative estimate of drug-likeness (QED) is 0.821. The third kappa shape index (κ3) is 4.16. The van der Waals surface area contributed by atoms with Crippen molar-refractivity contribution in [2.75, 3.05) is 0 Å². The molecule has 0 bridgehead atoms. The first-order valence-corrected chi connectivity index (χ1v) is 8.50. The van der Waals surface area contributed by atoms with E-state index in [0.717, 1.165) is 44.1 Å². The molecule has 0 spiro atoms. The fourth-order valence-electron chi connectivity index (χ4n) is 2.75. The number of thioether (sulfide) groups is 1. The minimum absolute atomic E-state index is 0.349. The molecule has 1 aromatic rings. The van der Waals surface area contributed by atoms with E-state index in [4.69, 9.17) is 0 Å². The Kier molecular flexibility index (Phi) is 4.50. The molecule has 1 nitrogen and oxygen atoms in total. The summed E-state index contributed by atoms with van der Waals surface area (Å²) in [5.74, 6) is 0. The van der Waals surface area contributed by atoms with Gasteiger partial charge in [0.1, 0.15) is 0 Å². The molecule has 21 heavy (non-hydrogen) atoms. The van der Waals surface area contributed by atoms with Gasteiger partial charge in [0.25, 0.3) is 0 Å². The zero-order valence-corrected chi connectivity index (χ0v) is 12.7. The van der Waals surface area contributed by atoms with Crippen LogP contribution in [0.3, 0.4) is 0 Å². The van der Waals surface area contributed by atoms with Crippen LogP contribution in [0.15, 0.2) is 23.1 Å². The summed E-state index contributed by atoms with van der Waals surface area (Å²) in [6, 6.07) is 5.33. The summed E-state index contributed by atoms with van der Waals surface area (Å²) >= 11 is 1.41. The van der Waals surface area contributed by atoms with Crippen molar-refractivity contribution in [2.24, 2.45) is 0 Å². The lowest BCUT2D eigenvalue weighted by molar-refractivity contribution is -0.139. The summed E-state index contributed by atoms with van der Waals surface area (Å²) in [6.07, 6.45) is 2.37. The second-order valence-electron chi connectivity index (χ2n) is 6.01. The Morgan fingerprint density at radius 1 is 1.10 bits per heavy atom. The Hall–Kier alpha value is -0.680. The van der Waals surface area contributed by atoms with E-state index in [1.165, 1.54) is 17.8 Å². The van der Waals surface area contributed by atoms with E-state index in [-0.39, 0.29) is 0 Å². The number of rotatable bonds is 5. The SMILES string of the molecule is FC(F)(F)c1cc(CNC2CC2)ccc1SC1CCCC1. The van der Waals surface area contributed by atoms with Crippen LogP contribution in [-0.4, -0.2) is 11.3 Å². The average Bonchev–Trinajstić information content (AvgIpc) is 3.12. The van der Waals surface area contributed by atoms with Gasteiger partial charge in [-0.1, -0.05) is 18.9 Å². The van der Waals surface area contributed by atoms with Crippen molar-refractivity contribution in [3.8, 4) is 0 Å². The number of nitrogens with one attached hydrogen (secondary N) is 1. The molecule has 2 aliphatic rings. The van der Waals surface area contributed by atoms with Crippen molar-refractivity contribution < 1.29 is 13.2 Å². The molecule has 5 heteroatoms. The van der Waals surface area contributed by atoms with Gasteiger partial charge in [-0.25, -0.2) is 0 Å². The standard InChI is InChI=1S/C16H20F3NS/c17-16(18,19)14-9-11(10-20-12-6-7-12)5-8-15(14)21-13-3-1-2-4-13/h5,8-9,12-13,20H,1-4,6-7,10H2. The first kappa shape index (κ1) is 15.2. The molecule has 1 N–H and O–H groups in total. The maximum absolute atomic E-state index is 13.3. The van der Waals surface area contributed by atoms with Gasteiger partial charge in [-0.3, -0.25) is 0 Å². The minimum atomic E-state index is -4.27. The number of halogens is 3. The molecule has 0 atom stereocenters. The van der Waals surface area contributed by atoms with Gasteiger partial charge >= 0.3 is 6.18 Å². The number of hydrogen-bond donors (Lipinski definition) is 1. The number of alkyl halides is 3. The van der Waals surface area contributed by atoms with E-state index in [2.05, 4.69) is 5.32 Å². The van der Waals surface area contributed by atoms with Crippen LogP contribution in [0.4, 0.5) is 13.2 Å². The number of hydrogen-bond acceptors (Lipinski definition) is 2. The van der Waals surface area contributed by atoms with E-state index in [9.17, 15) is 13.2 Å². The zero-order valence-electron chi connectivity index (χ0n) is 11.9. The van der Waals surface area contributed by atoms with Crippen LogP contribution in [0, 0.1) is 0 Å². The first-order chi connectivity index (χ1) is 10.0. The average molecular weight is 315 g/mol. The van der Waals surface area contributed by atoms with Crippen molar-refractivity contribution in [3.63, 3.8) is 0 Å². The molecule has 2 saturated carbocycles. The van der Waals surface area contributed by atoms with Crippen LogP contribution in [-0.2, 0) is 12.7 Å². The second-order valence-corrected chi connectivity index (χ2v) is 7.35. The molecule has 116 valence electrons. The van der Waals surface area contributed by atoms with Gasteiger partial charge in [-0.15, -0.1) is 11.8 Å². The molecule has 0 radical (unpaired) electrons. The minimum Gasteiger partial charge on any atom is -0.310 e. The lowest BCUT2D eigenvalue weighted by Crippen LogP contribution is -2.16. The van der Waals surface area contributed by atoms with Gasteiger partial charge in [0.15, 0.2) is 0 Å². The summed E-state index contributed by atoms with van der Waals surface area (Å²) in [7, 11) is 0. The van der Waals surface area contributed by atoms with E-state index < -0.39 is 11.7 Å². The largest absolute Gasteiger partial charge is 0.417 e. The maximum atomic E-state index is 13.3. The van der Waals surface area contributed by atoms with Crippen molar-refractivity contribution in [3.05, 3.63) is 29.3 Å². The lowest BCUT2D eigenvalue weighted by atomic mass is 10.1. The van der Waals surface area contributed by atoms with Crippen molar-refractivity contribution in [1.82, 2.24) is 5.32 Å². The highest BCUT2D eigenvalue weighted by Crippen LogP contribution is 2.42. The van der Waals surface area contributed by atoms with Crippen molar-refractivity contribution in [1.29, 1.82) is 0 Å². The zero-order chi connectivity index (χ0) is 14.9. The van der Waals surface area contributed by atoms with Crippen molar-refractivity contribution in [2.45, 2.75) is 67.4 Å². The van der Waals surface area contributed by atoms with Crippen LogP contribution in [0.25, 0.3) is 0 Å². The molecule has 0 amide bonds. The van der Waals surface area contributed by atoms with Crippen LogP contribution in [0.5, 0.6) is 0 Å². The van der Waals surface area contributed by atoms with Gasteiger partial charge in [0.2, 0.25) is 0 Å². The monoisotopic (exact) mass is 315 g/mol. The summed E-state index contributed by atoms with van der Waals surface area (Å²) < 4.78 is 39.8. The van der Waals surface area contributed by atoms with Gasteiger partial charge in [-0.2, -0.15) is 13.2 Å². The molecule has 3 rings (SSSR count). The summed E-state index contributed by atoms with van der Waals surface area (Å²) in [5, 5.41) is 3.62. The smallest absolute Gasteiger partial charge is 0.310 e. The van der Waals surface area contributed by atoms with Crippen molar-refractivity contribution >= 4 is 11.8 Å². The Morgan fingerprint density at radius 2 is 1.81 bits per heavy atom. The predicted molar refractivity (Wildman–Crippen MR) is 79.4 cm³/mol. The molecule has 0 aliphatic heterocycles. The third-order valence-corrected chi connectivity index (χ3v) is 5.53. The Labute approximate surface area is 127 Å². The maximum Gasteiger partial charge on any atom is 0.417 e. The molecule has 0 aromatic heterocycles. The topological polar surface area (TPSA) is 12.0 Å². The molecule has 2 fully saturated rings. The molecular weight excluding hydrogens is 295 g/mol. The third-order valence-electron chi connectivity index (χ3n) is 4.12. The summed E-state index contributed by atoms with van der Waals surface area (Å²) in [6.45, 7) is 0.530. The normalized spacial score (nSPS) is 20.1. The first-order valence-electron chi connectivity index (χ1n) is 7.62. The second kappa shape index (κ2) is 6.21. The lowest BCUT2D eigenvalue weighted by Gasteiger charge is -2.17. The van der Waals surface area contributed by atoms with E-state index >= 15 is 0 Å². The highest BCUT2D eigenvalue weighted by molar-refractivity contribution is 8.00. The summed E-state index contributed by atoms with van der Waals surface area (Å²) in [4.78, 5) is 0.393. The number of benzene rings is 1. The van der Waals surface area contributed by atoms with Crippen LogP contribution in [0.1, 0.15) is 49.7 Å². The predicted octanol–water partition coefficient (Wildman–Crippen LogP) is 4.99. The van der Waals surface area contributed by atoms with E-state index in [1.807, 2.05) is 6.07 Å². The fraction of sp³-hybridized carbons (Fsp3) is 0.625. The van der Waals surface area contributed by atoms with Crippen LogP contribution < -0.4 is 5.32 Å². The highest BCUT2D eigenvalue weighted by Gasteiger charge is 2.34. The molecule has 0 saturated heterocycles. The fourth-order valence-corrected chi connectivity index (χ4v) is 4.12. The highest BCUT2D eigenvalue weighted by atomic mass is 32.2. The van der Waals surface area contributed by atoms with E-state index in [0.29, 0.717) is 22.7 Å². The Balaban J connectivity index is 1.76. The van der Waals surface area contributed by atoms with Gasteiger partial charge in [0.05, 0.1) is 5.56 Å². The van der Waals surface area contributed by atoms with Gasteiger partial charge in [0, 0.05) is 22.7 Å². The summed E-state index contributed by atoms with van der Waals surface area (Å²) in [5.41, 5.74) is 0.263. The van der Waals surface area contributed by atoms with Gasteiger partial charge < -0.3 is 5.32 Å². The molecular formula is C16H20F3NS. The van der Waals surface area contributed by atoms with Crippen LogP contribution >= 0.6 is 11.8 Å². The van der Waals surface area contributed by atoms with Crippen LogP contribution in [0.2, 0.25) is 0 Å². The van der Waals surface area contributed by atoms with E-state index in [1.54, 1.807) is 6.07 Å². The Bertz CT molecular complexity index is 491. The molecule has 0 heterocycles.